The molecule has 8 heteroatoms. The summed E-state index contributed by atoms with van der Waals surface area (Å²) >= 11 is 0. The highest BCUT2D eigenvalue weighted by Crippen LogP contribution is 2.15. The molecule has 1 aromatic rings. The van der Waals surface area contributed by atoms with E-state index in [0.29, 0.717) is 24.3 Å². The molecular formula is C13H25IN6O. The summed E-state index contributed by atoms with van der Waals surface area (Å²) in [6, 6.07) is 0.601. The molecule has 0 amide bonds. The Bertz CT molecular complexity index is 450. The van der Waals surface area contributed by atoms with E-state index in [0.717, 1.165) is 19.0 Å². The summed E-state index contributed by atoms with van der Waals surface area (Å²) in [4.78, 5) is 10.9. The number of hydrogen-bond acceptors (Lipinski definition) is 5. The molecular weight excluding hydrogens is 383 g/mol. The van der Waals surface area contributed by atoms with Crippen molar-refractivity contribution in [2.75, 3.05) is 26.7 Å². The molecule has 7 nitrogen and oxygen atoms in total. The highest BCUT2D eigenvalue weighted by Gasteiger charge is 2.22. The summed E-state index contributed by atoms with van der Waals surface area (Å²) in [7, 11) is 1.76. The van der Waals surface area contributed by atoms with E-state index in [4.69, 9.17) is 4.52 Å². The molecule has 1 fully saturated rings. The molecule has 0 aliphatic carbocycles. The summed E-state index contributed by atoms with van der Waals surface area (Å²) < 4.78 is 5.06. The Labute approximate surface area is 143 Å². The van der Waals surface area contributed by atoms with Gasteiger partial charge in [0.15, 0.2) is 11.8 Å². The van der Waals surface area contributed by atoms with E-state index in [-0.39, 0.29) is 24.0 Å². The summed E-state index contributed by atoms with van der Waals surface area (Å²) in [5.74, 6) is 1.99. The Kier molecular flexibility index (Phi) is 7.94. The SMILES string of the molecule is CCN1CCCC1CNC(=NC)NCc1nc(C)no1.I. The molecule has 0 aromatic carbocycles. The molecule has 0 bridgehead atoms. The maximum absolute atomic E-state index is 5.06. The molecule has 120 valence electrons. The normalized spacial score (nSPS) is 19.4. The second-order valence-electron chi connectivity index (χ2n) is 4.97. The van der Waals surface area contributed by atoms with Gasteiger partial charge in [-0.2, -0.15) is 4.98 Å². The van der Waals surface area contributed by atoms with E-state index in [1.165, 1.54) is 19.4 Å². The van der Waals surface area contributed by atoms with Crippen molar-refractivity contribution in [3.63, 3.8) is 0 Å². The van der Waals surface area contributed by atoms with Gasteiger partial charge < -0.3 is 15.2 Å². The van der Waals surface area contributed by atoms with Crippen LogP contribution < -0.4 is 10.6 Å². The number of nitrogens with zero attached hydrogens (tertiary/aromatic N) is 4. The smallest absolute Gasteiger partial charge is 0.246 e. The van der Waals surface area contributed by atoms with E-state index >= 15 is 0 Å². The number of aryl methyl sites for hydroxylation is 1. The van der Waals surface area contributed by atoms with E-state index in [2.05, 4.69) is 37.6 Å². The maximum atomic E-state index is 5.06. The van der Waals surface area contributed by atoms with Crippen molar-refractivity contribution in [1.29, 1.82) is 0 Å². The topological polar surface area (TPSA) is 78.6 Å². The van der Waals surface area contributed by atoms with E-state index in [9.17, 15) is 0 Å². The van der Waals surface area contributed by atoms with Gasteiger partial charge in [0.1, 0.15) is 0 Å². The van der Waals surface area contributed by atoms with Gasteiger partial charge in [-0.1, -0.05) is 12.1 Å². The minimum atomic E-state index is 0. The van der Waals surface area contributed by atoms with Crippen molar-refractivity contribution in [1.82, 2.24) is 25.7 Å². The number of aromatic nitrogens is 2. The van der Waals surface area contributed by atoms with Gasteiger partial charge in [0, 0.05) is 19.6 Å². The van der Waals surface area contributed by atoms with Crippen LogP contribution in [0.5, 0.6) is 0 Å². The summed E-state index contributed by atoms with van der Waals surface area (Å²) in [5, 5.41) is 10.3. The first-order valence-corrected chi connectivity index (χ1v) is 7.20. The van der Waals surface area contributed by atoms with Crippen molar-refractivity contribution in [2.24, 2.45) is 4.99 Å². The quantitative estimate of drug-likeness (QED) is 0.433. The Hall–Kier alpha value is -0.900. The molecule has 1 aromatic heterocycles. The van der Waals surface area contributed by atoms with Crippen LogP contribution in [0.4, 0.5) is 0 Å². The zero-order valence-electron chi connectivity index (χ0n) is 12.9. The second kappa shape index (κ2) is 9.19. The van der Waals surface area contributed by atoms with Crippen LogP contribution in [0, 0.1) is 6.92 Å². The van der Waals surface area contributed by atoms with Gasteiger partial charge in [-0.05, 0) is 32.9 Å². The summed E-state index contributed by atoms with van der Waals surface area (Å²) in [6.07, 6.45) is 2.54. The summed E-state index contributed by atoms with van der Waals surface area (Å²) in [5.41, 5.74) is 0. The predicted octanol–water partition coefficient (Wildman–Crippen LogP) is 1.15. The lowest BCUT2D eigenvalue weighted by Crippen LogP contribution is -2.44. The van der Waals surface area contributed by atoms with Crippen LogP contribution in [0.3, 0.4) is 0 Å². The lowest BCUT2D eigenvalue weighted by atomic mass is 10.2. The third kappa shape index (κ3) is 5.42. The highest BCUT2D eigenvalue weighted by atomic mass is 127. The number of guanidine groups is 1. The average Bonchev–Trinajstić information content (AvgIpc) is 3.07. The fourth-order valence-electron chi connectivity index (χ4n) is 2.55. The minimum Gasteiger partial charge on any atom is -0.355 e. The third-order valence-electron chi connectivity index (χ3n) is 3.61. The van der Waals surface area contributed by atoms with Gasteiger partial charge in [0.05, 0.1) is 6.54 Å². The first-order valence-electron chi connectivity index (χ1n) is 7.20. The fraction of sp³-hybridized carbons (Fsp3) is 0.769. The fourth-order valence-corrected chi connectivity index (χ4v) is 2.55. The standard InChI is InChI=1S/C13H24N6O.HI/c1-4-19-7-5-6-11(19)8-15-13(14-3)16-9-12-17-10(2)18-20-12;/h11H,4-9H2,1-3H3,(H2,14,15,16);1H. The molecule has 2 heterocycles. The van der Waals surface area contributed by atoms with Gasteiger partial charge in [0.25, 0.3) is 0 Å². The van der Waals surface area contributed by atoms with Crippen LogP contribution in [0.1, 0.15) is 31.5 Å². The lowest BCUT2D eigenvalue weighted by Gasteiger charge is -2.23. The van der Waals surface area contributed by atoms with Crippen molar-refractivity contribution in [3.8, 4) is 0 Å². The van der Waals surface area contributed by atoms with Gasteiger partial charge in [-0.3, -0.25) is 9.89 Å². The minimum absolute atomic E-state index is 0. The molecule has 1 atom stereocenters. The lowest BCUT2D eigenvalue weighted by molar-refractivity contribution is 0.267. The maximum Gasteiger partial charge on any atom is 0.246 e. The monoisotopic (exact) mass is 408 g/mol. The second-order valence-corrected chi connectivity index (χ2v) is 4.97. The first-order chi connectivity index (χ1) is 9.72. The van der Waals surface area contributed by atoms with E-state index in [1.54, 1.807) is 14.0 Å². The highest BCUT2D eigenvalue weighted by molar-refractivity contribution is 14.0. The van der Waals surface area contributed by atoms with Crippen LogP contribution in [0.15, 0.2) is 9.52 Å². The molecule has 2 N–H and O–H groups in total. The van der Waals surface area contributed by atoms with Crippen molar-refractivity contribution < 1.29 is 4.52 Å². The first kappa shape index (κ1) is 18.1. The Morgan fingerprint density at radius 3 is 2.90 bits per heavy atom. The number of halogens is 1. The van der Waals surface area contributed by atoms with E-state index < -0.39 is 0 Å². The Balaban J connectivity index is 0.00000220. The number of likely N-dealkylation sites (N-methyl/N-ethyl adjacent to an activating group) is 1. The zero-order valence-corrected chi connectivity index (χ0v) is 15.3. The van der Waals surface area contributed by atoms with E-state index in [1.807, 2.05) is 0 Å². The summed E-state index contributed by atoms with van der Waals surface area (Å²) in [6.45, 7) is 7.73. The van der Waals surface area contributed by atoms with Crippen LogP contribution in [-0.2, 0) is 6.54 Å². The molecule has 1 aliphatic heterocycles. The zero-order chi connectivity index (χ0) is 14.4. The van der Waals surface area contributed by atoms with Gasteiger partial charge in [0.2, 0.25) is 5.89 Å². The molecule has 0 saturated carbocycles. The van der Waals surface area contributed by atoms with Crippen molar-refractivity contribution in [2.45, 2.75) is 39.3 Å². The number of likely N-dealkylation sites (tertiary alicyclic amines) is 1. The van der Waals surface area contributed by atoms with Gasteiger partial charge in [-0.25, -0.2) is 0 Å². The predicted molar refractivity (Wildman–Crippen MR) is 92.9 cm³/mol. The average molecular weight is 408 g/mol. The van der Waals surface area contributed by atoms with Crippen molar-refractivity contribution >= 4 is 29.9 Å². The van der Waals surface area contributed by atoms with Crippen LogP contribution >= 0.6 is 24.0 Å². The molecule has 2 rings (SSSR count). The molecule has 1 aliphatic rings. The van der Waals surface area contributed by atoms with Crippen LogP contribution in [-0.4, -0.2) is 53.7 Å². The largest absolute Gasteiger partial charge is 0.355 e. The van der Waals surface area contributed by atoms with Gasteiger partial charge in [-0.15, -0.1) is 24.0 Å². The Morgan fingerprint density at radius 2 is 2.29 bits per heavy atom. The van der Waals surface area contributed by atoms with Crippen LogP contribution in [0.25, 0.3) is 0 Å². The molecule has 0 radical (unpaired) electrons. The number of rotatable bonds is 5. The van der Waals surface area contributed by atoms with Crippen molar-refractivity contribution in [3.05, 3.63) is 11.7 Å². The number of hydrogen-bond donors (Lipinski definition) is 2. The Morgan fingerprint density at radius 1 is 1.48 bits per heavy atom. The number of nitrogens with one attached hydrogen (secondary N) is 2. The molecule has 0 spiro atoms. The molecule has 1 unspecified atom stereocenters. The third-order valence-corrected chi connectivity index (χ3v) is 3.61. The molecule has 1 saturated heterocycles. The molecule has 21 heavy (non-hydrogen) atoms. The van der Waals surface area contributed by atoms with Crippen LogP contribution in [0.2, 0.25) is 0 Å². The van der Waals surface area contributed by atoms with Gasteiger partial charge >= 0.3 is 0 Å². The number of aliphatic imine (C=N–C) groups is 1.